The van der Waals surface area contributed by atoms with Gasteiger partial charge in [-0.3, -0.25) is 0 Å². The summed E-state index contributed by atoms with van der Waals surface area (Å²) < 4.78 is 2.35. The smallest absolute Gasteiger partial charge is 0.0541 e. The molecule has 0 fully saturated rings. The first kappa shape index (κ1) is 18.5. The second-order valence-corrected chi connectivity index (χ2v) is 8.06. The molecule has 2 N–H and O–H groups in total. The highest BCUT2D eigenvalue weighted by Crippen LogP contribution is 2.40. The van der Waals surface area contributed by atoms with Crippen LogP contribution in [0, 0.1) is 0 Å². The van der Waals surface area contributed by atoms with Crippen molar-refractivity contribution in [2.24, 2.45) is 0 Å². The van der Waals surface area contributed by atoms with Crippen LogP contribution in [0.25, 0.3) is 49.7 Å². The Morgan fingerprint density at radius 1 is 0.469 bits per heavy atom. The van der Waals surface area contributed by atoms with Gasteiger partial charge in [-0.2, -0.15) is 0 Å². The number of fused-ring (bicyclic) bond motifs is 3. The number of nitrogens with zero attached hydrogens (tertiary/aromatic N) is 1. The van der Waals surface area contributed by atoms with E-state index >= 15 is 0 Å². The van der Waals surface area contributed by atoms with Crippen molar-refractivity contribution in [1.82, 2.24) is 4.57 Å². The molecule has 2 nitrogen and oxygen atoms in total. The highest BCUT2D eigenvalue weighted by atomic mass is 15.0. The predicted molar refractivity (Wildman–Crippen MR) is 136 cm³/mol. The maximum absolute atomic E-state index is 6.79. The molecule has 2 heteroatoms. The largest absolute Gasteiger partial charge is 0.398 e. The number of aromatic nitrogens is 1. The second kappa shape index (κ2) is 7.44. The van der Waals surface area contributed by atoms with E-state index in [2.05, 4.69) is 114 Å². The molecule has 6 rings (SSSR count). The lowest BCUT2D eigenvalue weighted by Crippen LogP contribution is -2.00. The van der Waals surface area contributed by atoms with E-state index in [1.54, 1.807) is 0 Å². The van der Waals surface area contributed by atoms with E-state index in [1.165, 1.54) is 21.8 Å². The molecule has 152 valence electrons. The molecule has 0 saturated heterocycles. The van der Waals surface area contributed by atoms with Crippen molar-refractivity contribution in [2.75, 3.05) is 5.73 Å². The summed E-state index contributed by atoms with van der Waals surface area (Å²) in [6.45, 7) is 0. The fourth-order valence-corrected chi connectivity index (χ4v) is 4.68. The van der Waals surface area contributed by atoms with E-state index in [0.717, 1.165) is 33.6 Å². The molecule has 0 radical (unpaired) electrons. The summed E-state index contributed by atoms with van der Waals surface area (Å²) in [4.78, 5) is 0. The van der Waals surface area contributed by atoms with Crippen LogP contribution in [0.4, 0.5) is 5.69 Å². The summed E-state index contributed by atoms with van der Waals surface area (Å²) in [5.41, 5.74) is 15.4. The van der Waals surface area contributed by atoms with Crippen LogP contribution >= 0.6 is 0 Å². The Morgan fingerprint density at radius 3 is 1.34 bits per heavy atom. The molecular weight excluding hydrogens is 388 g/mol. The Labute approximate surface area is 187 Å². The summed E-state index contributed by atoms with van der Waals surface area (Å²) >= 11 is 0. The molecule has 0 atom stereocenters. The monoisotopic (exact) mass is 410 g/mol. The van der Waals surface area contributed by atoms with E-state index in [4.69, 9.17) is 5.73 Å². The van der Waals surface area contributed by atoms with Gasteiger partial charge in [0.2, 0.25) is 0 Å². The molecule has 0 spiro atoms. The van der Waals surface area contributed by atoms with E-state index in [-0.39, 0.29) is 0 Å². The van der Waals surface area contributed by atoms with E-state index in [1.807, 2.05) is 12.1 Å². The van der Waals surface area contributed by atoms with Gasteiger partial charge in [-0.05, 0) is 35.4 Å². The fraction of sp³-hybridized carbons (Fsp3) is 0. The van der Waals surface area contributed by atoms with Crippen LogP contribution in [0.5, 0.6) is 0 Å². The summed E-state index contributed by atoms with van der Waals surface area (Å²) in [7, 11) is 0. The van der Waals surface area contributed by atoms with Crippen LogP contribution in [-0.4, -0.2) is 4.57 Å². The zero-order valence-electron chi connectivity index (χ0n) is 17.6. The summed E-state index contributed by atoms with van der Waals surface area (Å²) in [6.07, 6.45) is 0. The molecule has 0 aliphatic carbocycles. The summed E-state index contributed by atoms with van der Waals surface area (Å²) in [5, 5.41) is 2.50. The topological polar surface area (TPSA) is 30.9 Å². The average molecular weight is 411 g/mol. The van der Waals surface area contributed by atoms with Gasteiger partial charge >= 0.3 is 0 Å². The molecule has 1 aromatic heterocycles. The number of nitrogen functional groups attached to an aromatic ring is 1. The maximum atomic E-state index is 6.79. The molecule has 0 saturated carbocycles. The zero-order chi connectivity index (χ0) is 21.5. The number of rotatable bonds is 3. The van der Waals surface area contributed by atoms with Crippen molar-refractivity contribution in [3.05, 3.63) is 121 Å². The third-order valence-electron chi connectivity index (χ3n) is 6.17. The van der Waals surface area contributed by atoms with Crippen molar-refractivity contribution in [3.8, 4) is 27.9 Å². The summed E-state index contributed by atoms with van der Waals surface area (Å²) in [6, 6.07) is 42.4. The lowest BCUT2D eigenvalue weighted by Gasteiger charge is -2.17. The van der Waals surface area contributed by atoms with Gasteiger partial charge in [0.25, 0.3) is 0 Å². The minimum Gasteiger partial charge on any atom is -0.398 e. The van der Waals surface area contributed by atoms with Crippen LogP contribution in [-0.2, 0) is 0 Å². The van der Waals surface area contributed by atoms with Crippen LogP contribution in [0.2, 0.25) is 0 Å². The molecule has 0 unspecified atom stereocenters. The normalized spacial score (nSPS) is 11.2. The summed E-state index contributed by atoms with van der Waals surface area (Å²) in [5.74, 6) is 0. The van der Waals surface area contributed by atoms with Gasteiger partial charge in [0.15, 0.2) is 0 Å². The Morgan fingerprint density at radius 2 is 0.875 bits per heavy atom. The Kier molecular flexibility index (Phi) is 4.29. The van der Waals surface area contributed by atoms with Gasteiger partial charge in [0, 0.05) is 33.3 Å². The highest BCUT2D eigenvalue weighted by Gasteiger charge is 2.16. The Hall–Kier alpha value is -4.30. The van der Waals surface area contributed by atoms with Crippen LogP contribution < -0.4 is 5.73 Å². The van der Waals surface area contributed by atoms with E-state index in [9.17, 15) is 0 Å². The van der Waals surface area contributed by atoms with Gasteiger partial charge in [-0.1, -0.05) is 97.1 Å². The van der Waals surface area contributed by atoms with E-state index in [0.29, 0.717) is 0 Å². The van der Waals surface area contributed by atoms with Crippen molar-refractivity contribution >= 4 is 27.5 Å². The van der Waals surface area contributed by atoms with Crippen molar-refractivity contribution < 1.29 is 0 Å². The number of nitrogens with two attached hydrogens (primary N) is 1. The standard InChI is InChI=1S/C30H22N2/c31-30-26(21-11-3-1-4-12-21)19-23(20-27(30)22-13-5-2-6-14-22)32-28-17-9-7-15-24(28)25-16-8-10-18-29(25)32/h1-20H,31H2. The van der Waals surface area contributed by atoms with Crippen LogP contribution in [0.15, 0.2) is 121 Å². The number of benzene rings is 5. The second-order valence-electron chi connectivity index (χ2n) is 8.06. The SMILES string of the molecule is Nc1c(-c2ccccc2)cc(-n2c3ccccc3c3ccccc32)cc1-c1ccccc1. The molecular formula is C30H22N2. The number of anilines is 1. The minimum atomic E-state index is 0.798. The van der Waals surface area contributed by atoms with Gasteiger partial charge in [-0.25, -0.2) is 0 Å². The third-order valence-corrected chi connectivity index (χ3v) is 6.17. The zero-order valence-corrected chi connectivity index (χ0v) is 17.6. The van der Waals surface area contributed by atoms with Crippen LogP contribution in [0.1, 0.15) is 0 Å². The van der Waals surface area contributed by atoms with Crippen molar-refractivity contribution in [3.63, 3.8) is 0 Å². The highest BCUT2D eigenvalue weighted by molar-refractivity contribution is 6.09. The first-order chi connectivity index (χ1) is 15.8. The van der Waals surface area contributed by atoms with E-state index < -0.39 is 0 Å². The first-order valence-electron chi connectivity index (χ1n) is 10.8. The minimum absolute atomic E-state index is 0.798. The Balaban J connectivity index is 1.73. The predicted octanol–water partition coefficient (Wildman–Crippen LogP) is 7.70. The molecule has 0 aliphatic rings. The molecule has 0 amide bonds. The van der Waals surface area contributed by atoms with Crippen LogP contribution in [0.3, 0.4) is 0 Å². The fourth-order valence-electron chi connectivity index (χ4n) is 4.68. The molecule has 6 aromatic rings. The van der Waals surface area contributed by atoms with Gasteiger partial charge in [-0.15, -0.1) is 0 Å². The van der Waals surface area contributed by atoms with Crippen molar-refractivity contribution in [1.29, 1.82) is 0 Å². The maximum Gasteiger partial charge on any atom is 0.0541 e. The number of hydrogen-bond acceptors (Lipinski definition) is 1. The number of hydrogen-bond donors (Lipinski definition) is 1. The molecule has 0 bridgehead atoms. The average Bonchev–Trinajstić information content (AvgIpc) is 3.20. The lowest BCUT2D eigenvalue weighted by molar-refractivity contribution is 1.18. The van der Waals surface area contributed by atoms with Gasteiger partial charge in [0.05, 0.1) is 11.0 Å². The molecule has 1 heterocycles. The third kappa shape index (κ3) is 2.89. The molecule has 0 aliphatic heterocycles. The lowest BCUT2D eigenvalue weighted by atomic mass is 9.95. The first-order valence-corrected chi connectivity index (χ1v) is 10.8. The molecule has 32 heavy (non-hydrogen) atoms. The quantitative estimate of drug-likeness (QED) is 0.298. The van der Waals surface area contributed by atoms with Gasteiger partial charge in [0.1, 0.15) is 0 Å². The van der Waals surface area contributed by atoms with Gasteiger partial charge < -0.3 is 10.3 Å². The number of para-hydroxylation sites is 2. The van der Waals surface area contributed by atoms with Crippen molar-refractivity contribution in [2.45, 2.75) is 0 Å². The molecule has 5 aromatic carbocycles. The Bertz CT molecular complexity index is 1450.